The van der Waals surface area contributed by atoms with Gasteiger partial charge in [-0.3, -0.25) is 0 Å². The minimum Gasteiger partial charge on any atom is -0.399 e. The number of benzene rings is 1. The molecule has 1 unspecified atom stereocenters. The molecule has 2 rings (SSSR count). The Labute approximate surface area is 108 Å². The molecule has 5 heteroatoms. The molecular formula is C13H20N2O2S. The van der Waals surface area contributed by atoms with Crippen LogP contribution in [0.25, 0.3) is 0 Å². The average molecular weight is 268 g/mol. The first-order chi connectivity index (χ1) is 8.43. The maximum atomic E-state index is 12.4. The lowest BCUT2D eigenvalue weighted by atomic mass is 10.0. The predicted octanol–water partition coefficient (Wildman–Crippen LogP) is 1.88. The fraction of sp³-hybridized carbons (Fsp3) is 0.538. The van der Waals surface area contributed by atoms with Gasteiger partial charge in [-0.1, -0.05) is 0 Å². The first-order valence-corrected chi connectivity index (χ1v) is 7.84. The summed E-state index contributed by atoms with van der Waals surface area (Å²) in [6, 6.07) is 5.20. The van der Waals surface area contributed by atoms with Crippen molar-refractivity contribution in [2.24, 2.45) is 0 Å². The fourth-order valence-corrected chi connectivity index (χ4v) is 3.60. The van der Waals surface area contributed by atoms with E-state index in [1.165, 1.54) is 0 Å². The summed E-state index contributed by atoms with van der Waals surface area (Å²) in [5.74, 6) is 0. The van der Waals surface area contributed by atoms with Crippen LogP contribution in [0.5, 0.6) is 0 Å². The van der Waals surface area contributed by atoms with Crippen molar-refractivity contribution >= 4 is 15.5 Å². The molecule has 1 saturated heterocycles. The first-order valence-electron chi connectivity index (χ1n) is 6.29. The van der Waals surface area contributed by atoms with Gasteiger partial charge < -0.3 is 11.1 Å². The van der Waals surface area contributed by atoms with Crippen LogP contribution in [-0.4, -0.2) is 20.2 Å². The molecule has 4 nitrogen and oxygen atoms in total. The van der Waals surface area contributed by atoms with Gasteiger partial charge >= 0.3 is 0 Å². The van der Waals surface area contributed by atoms with Crippen LogP contribution in [0, 0.1) is 0 Å². The molecule has 18 heavy (non-hydrogen) atoms. The van der Waals surface area contributed by atoms with Crippen molar-refractivity contribution in [3.8, 4) is 0 Å². The van der Waals surface area contributed by atoms with Crippen molar-refractivity contribution in [1.82, 2.24) is 5.32 Å². The third-order valence-electron chi connectivity index (χ3n) is 3.40. The van der Waals surface area contributed by atoms with E-state index in [1.54, 1.807) is 32.0 Å². The zero-order chi connectivity index (χ0) is 13.3. The molecule has 1 atom stereocenters. The Bertz CT molecular complexity index is 532. The fourth-order valence-electron chi connectivity index (χ4n) is 2.30. The maximum absolute atomic E-state index is 12.4. The highest BCUT2D eigenvalue weighted by Gasteiger charge is 2.27. The number of hydrogen-bond donors (Lipinski definition) is 2. The number of nitrogens with one attached hydrogen (secondary N) is 1. The molecular weight excluding hydrogens is 248 g/mol. The van der Waals surface area contributed by atoms with E-state index in [9.17, 15) is 8.42 Å². The van der Waals surface area contributed by atoms with Gasteiger partial charge in [0.1, 0.15) is 0 Å². The minimum atomic E-state index is -3.26. The Hall–Kier alpha value is -1.07. The van der Waals surface area contributed by atoms with Crippen molar-refractivity contribution in [1.29, 1.82) is 0 Å². The zero-order valence-corrected chi connectivity index (χ0v) is 11.6. The van der Waals surface area contributed by atoms with Crippen molar-refractivity contribution in [2.75, 3.05) is 12.3 Å². The van der Waals surface area contributed by atoms with Gasteiger partial charge in [-0.05, 0) is 57.0 Å². The number of anilines is 1. The molecule has 0 spiro atoms. The van der Waals surface area contributed by atoms with E-state index in [0.717, 1.165) is 24.9 Å². The molecule has 0 saturated carbocycles. The minimum absolute atomic E-state index is 0.108. The second-order valence-corrected chi connectivity index (χ2v) is 7.51. The van der Waals surface area contributed by atoms with Crippen LogP contribution < -0.4 is 11.1 Å². The third kappa shape index (κ3) is 2.37. The van der Waals surface area contributed by atoms with Crippen LogP contribution in [0.2, 0.25) is 0 Å². The largest absolute Gasteiger partial charge is 0.399 e. The van der Waals surface area contributed by atoms with Gasteiger partial charge in [-0.15, -0.1) is 0 Å². The molecule has 0 aliphatic carbocycles. The van der Waals surface area contributed by atoms with Gasteiger partial charge in [-0.25, -0.2) is 8.42 Å². The van der Waals surface area contributed by atoms with E-state index in [2.05, 4.69) is 5.32 Å². The molecule has 3 N–H and O–H groups in total. The normalized spacial score (nSPS) is 20.5. The monoisotopic (exact) mass is 268 g/mol. The van der Waals surface area contributed by atoms with Gasteiger partial charge in [0, 0.05) is 11.7 Å². The summed E-state index contributed by atoms with van der Waals surface area (Å²) < 4.78 is 24.7. The summed E-state index contributed by atoms with van der Waals surface area (Å²) in [7, 11) is -3.26. The van der Waals surface area contributed by atoms with Gasteiger partial charge in [0.2, 0.25) is 0 Å². The number of hydrogen-bond acceptors (Lipinski definition) is 4. The highest BCUT2D eigenvalue weighted by Crippen LogP contribution is 2.32. The van der Waals surface area contributed by atoms with Crippen LogP contribution in [0.15, 0.2) is 23.1 Å². The standard InChI is InChI=1S/C13H20N2O2S/c1-9(2)18(16,17)13-6-5-10(14)8-11(13)12-4-3-7-15-12/h5-6,8-9,12,15H,3-4,7,14H2,1-2H3. The lowest BCUT2D eigenvalue weighted by Gasteiger charge is -2.18. The smallest absolute Gasteiger partial charge is 0.181 e. The molecule has 1 aromatic rings. The second kappa shape index (κ2) is 4.90. The molecule has 0 amide bonds. The topological polar surface area (TPSA) is 72.2 Å². The van der Waals surface area contributed by atoms with E-state index >= 15 is 0 Å². The van der Waals surface area contributed by atoms with Crippen molar-refractivity contribution in [3.63, 3.8) is 0 Å². The van der Waals surface area contributed by atoms with Crippen LogP contribution in [0.1, 0.15) is 38.3 Å². The average Bonchev–Trinajstić information content (AvgIpc) is 2.81. The predicted molar refractivity (Wildman–Crippen MR) is 73.2 cm³/mol. The summed E-state index contributed by atoms with van der Waals surface area (Å²) in [6.07, 6.45) is 2.03. The molecule has 1 aromatic carbocycles. The van der Waals surface area contributed by atoms with Crippen LogP contribution in [0.4, 0.5) is 5.69 Å². The maximum Gasteiger partial charge on any atom is 0.181 e. The number of nitrogens with two attached hydrogens (primary N) is 1. The molecule has 1 fully saturated rings. The summed E-state index contributed by atoms with van der Waals surface area (Å²) >= 11 is 0. The van der Waals surface area contributed by atoms with Gasteiger partial charge in [0.15, 0.2) is 9.84 Å². The second-order valence-electron chi connectivity index (χ2n) is 5.04. The van der Waals surface area contributed by atoms with E-state index in [-0.39, 0.29) is 6.04 Å². The molecule has 0 bridgehead atoms. The van der Waals surface area contributed by atoms with Gasteiger partial charge in [0.05, 0.1) is 10.1 Å². The Balaban J connectivity index is 2.53. The molecule has 1 aliphatic heterocycles. The quantitative estimate of drug-likeness (QED) is 0.821. The number of nitrogen functional groups attached to an aromatic ring is 1. The van der Waals surface area contributed by atoms with Crippen molar-refractivity contribution < 1.29 is 8.42 Å². The lowest BCUT2D eigenvalue weighted by molar-refractivity contribution is 0.579. The van der Waals surface area contributed by atoms with Crippen molar-refractivity contribution in [3.05, 3.63) is 23.8 Å². The van der Waals surface area contributed by atoms with Crippen molar-refractivity contribution in [2.45, 2.75) is 42.9 Å². The zero-order valence-electron chi connectivity index (χ0n) is 10.8. The molecule has 0 radical (unpaired) electrons. The molecule has 0 aromatic heterocycles. The van der Waals surface area contributed by atoms with E-state index < -0.39 is 15.1 Å². The van der Waals surface area contributed by atoms with Crippen LogP contribution >= 0.6 is 0 Å². The van der Waals surface area contributed by atoms with Gasteiger partial charge in [-0.2, -0.15) is 0 Å². The summed E-state index contributed by atoms with van der Waals surface area (Å²) in [6.45, 7) is 4.34. The lowest BCUT2D eigenvalue weighted by Crippen LogP contribution is -2.20. The van der Waals surface area contributed by atoms with E-state index in [4.69, 9.17) is 5.73 Å². The number of rotatable bonds is 3. The van der Waals surface area contributed by atoms with Crippen LogP contribution in [-0.2, 0) is 9.84 Å². The Morgan fingerprint density at radius 1 is 1.39 bits per heavy atom. The Morgan fingerprint density at radius 3 is 2.67 bits per heavy atom. The molecule has 100 valence electrons. The van der Waals surface area contributed by atoms with Gasteiger partial charge in [0.25, 0.3) is 0 Å². The molecule has 1 heterocycles. The highest BCUT2D eigenvalue weighted by atomic mass is 32.2. The molecule has 1 aliphatic rings. The summed E-state index contributed by atoms with van der Waals surface area (Å²) in [5, 5.41) is 2.92. The van der Waals surface area contributed by atoms with E-state index in [1.807, 2.05) is 0 Å². The van der Waals surface area contributed by atoms with E-state index in [0.29, 0.717) is 10.6 Å². The summed E-state index contributed by atoms with van der Waals surface area (Å²) in [5.41, 5.74) is 7.22. The first kappa shape index (κ1) is 13.4. The Kier molecular flexibility index (Phi) is 3.64. The third-order valence-corrected chi connectivity index (χ3v) is 5.62. The summed E-state index contributed by atoms with van der Waals surface area (Å²) in [4.78, 5) is 0.422. The SMILES string of the molecule is CC(C)S(=O)(=O)c1ccc(N)cc1C1CCCN1. The number of sulfone groups is 1. The highest BCUT2D eigenvalue weighted by molar-refractivity contribution is 7.92. The van der Waals surface area contributed by atoms with Crippen LogP contribution in [0.3, 0.4) is 0 Å². The Morgan fingerprint density at radius 2 is 2.11 bits per heavy atom.